The highest BCUT2D eigenvalue weighted by molar-refractivity contribution is 7.80. The molecule has 0 aromatic carbocycles. The van der Waals surface area contributed by atoms with Gasteiger partial charge in [0, 0.05) is 6.42 Å². The normalized spacial score (nSPS) is 12.3. The molecule has 19 heavy (non-hydrogen) atoms. The average Bonchev–Trinajstić information content (AvgIpc) is 2.28. The molecule has 0 fully saturated rings. The van der Waals surface area contributed by atoms with E-state index in [4.69, 9.17) is 5.11 Å². The van der Waals surface area contributed by atoms with Crippen molar-refractivity contribution in [3.05, 3.63) is 0 Å². The van der Waals surface area contributed by atoms with E-state index in [-0.39, 0.29) is 12.0 Å². The SMILES string of the molecule is CCCC(=O)NCC[NH2+]CC(C)O.COS(=O)(=O)[O-]. The van der Waals surface area contributed by atoms with E-state index in [1.54, 1.807) is 6.92 Å². The Morgan fingerprint density at radius 2 is 2.05 bits per heavy atom. The van der Waals surface area contributed by atoms with E-state index in [0.29, 0.717) is 19.5 Å². The molecule has 0 aliphatic rings. The van der Waals surface area contributed by atoms with Gasteiger partial charge >= 0.3 is 0 Å². The summed E-state index contributed by atoms with van der Waals surface area (Å²) in [7, 11) is -3.60. The van der Waals surface area contributed by atoms with Crippen LogP contribution in [0.2, 0.25) is 0 Å². The van der Waals surface area contributed by atoms with Gasteiger partial charge in [-0.3, -0.25) is 8.98 Å². The van der Waals surface area contributed by atoms with Crippen LogP contribution in [0.25, 0.3) is 0 Å². The molecule has 8 nitrogen and oxygen atoms in total. The number of rotatable bonds is 8. The molecule has 0 aromatic rings. The molecule has 0 bridgehead atoms. The van der Waals surface area contributed by atoms with Gasteiger partial charge in [-0.1, -0.05) is 6.92 Å². The van der Waals surface area contributed by atoms with E-state index in [1.165, 1.54) is 0 Å². The molecule has 0 aliphatic carbocycles. The maximum absolute atomic E-state index is 11.0. The van der Waals surface area contributed by atoms with E-state index in [0.717, 1.165) is 20.1 Å². The minimum absolute atomic E-state index is 0.118. The second-order valence-electron chi connectivity index (χ2n) is 3.84. The zero-order valence-corrected chi connectivity index (χ0v) is 12.4. The molecule has 0 saturated carbocycles. The molecular formula is C10H24N2O6S. The summed E-state index contributed by atoms with van der Waals surface area (Å²) in [6, 6.07) is 0. The molecule has 4 N–H and O–H groups in total. The van der Waals surface area contributed by atoms with Crippen molar-refractivity contribution in [2.45, 2.75) is 32.8 Å². The minimum Gasteiger partial charge on any atom is -0.726 e. The van der Waals surface area contributed by atoms with Gasteiger partial charge in [0.05, 0.1) is 26.3 Å². The van der Waals surface area contributed by atoms with Crippen molar-refractivity contribution in [3.63, 3.8) is 0 Å². The van der Waals surface area contributed by atoms with Crippen LogP contribution in [0.5, 0.6) is 0 Å². The molecule has 0 spiro atoms. The lowest BCUT2D eigenvalue weighted by Crippen LogP contribution is -2.87. The number of aliphatic hydroxyl groups excluding tert-OH is 1. The summed E-state index contributed by atoms with van der Waals surface area (Å²) in [4.78, 5) is 11.0. The predicted octanol–water partition coefficient (Wildman–Crippen LogP) is -2.06. The number of hydrogen-bond donors (Lipinski definition) is 3. The third kappa shape index (κ3) is 22.9. The molecule has 0 radical (unpaired) electrons. The fraction of sp³-hybridized carbons (Fsp3) is 0.900. The Morgan fingerprint density at radius 1 is 1.53 bits per heavy atom. The van der Waals surface area contributed by atoms with E-state index in [1.807, 2.05) is 12.2 Å². The molecule has 0 saturated heterocycles. The molecule has 1 unspecified atom stereocenters. The highest BCUT2D eigenvalue weighted by Gasteiger charge is 1.99. The summed E-state index contributed by atoms with van der Waals surface area (Å²) in [5.74, 6) is 0.118. The summed E-state index contributed by atoms with van der Waals surface area (Å²) < 4.78 is 31.0. The van der Waals surface area contributed by atoms with E-state index < -0.39 is 10.4 Å². The molecule has 0 heterocycles. The summed E-state index contributed by atoms with van der Waals surface area (Å²) in [6.07, 6.45) is 1.23. The lowest BCUT2D eigenvalue weighted by atomic mass is 10.3. The first-order chi connectivity index (χ1) is 8.72. The van der Waals surface area contributed by atoms with Crippen molar-refractivity contribution in [2.24, 2.45) is 0 Å². The van der Waals surface area contributed by atoms with E-state index in [2.05, 4.69) is 9.50 Å². The monoisotopic (exact) mass is 300 g/mol. The number of aliphatic hydroxyl groups is 1. The third-order valence-electron chi connectivity index (χ3n) is 1.86. The second kappa shape index (κ2) is 12.3. The van der Waals surface area contributed by atoms with Crippen molar-refractivity contribution < 1.29 is 32.4 Å². The quantitative estimate of drug-likeness (QED) is 0.268. The first-order valence-electron chi connectivity index (χ1n) is 6.00. The number of quaternary nitrogens is 1. The van der Waals surface area contributed by atoms with Crippen molar-refractivity contribution in [2.75, 3.05) is 26.7 Å². The van der Waals surface area contributed by atoms with Crippen LogP contribution in [-0.2, 0) is 19.4 Å². The average molecular weight is 300 g/mol. The predicted molar refractivity (Wildman–Crippen MR) is 68.0 cm³/mol. The number of carbonyl (C=O) groups is 1. The van der Waals surface area contributed by atoms with E-state index in [9.17, 15) is 17.8 Å². The van der Waals surface area contributed by atoms with Crippen molar-refractivity contribution in [1.29, 1.82) is 0 Å². The summed E-state index contributed by atoms with van der Waals surface area (Å²) in [5, 5.41) is 13.7. The van der Waals surface area contributed by atoms with Crippen LogP contribution in [-0.4, -0.2) is 56.8 Å². The van der Waals surface area contributed by atoms with Crippen LogP contribution in [0.4, 0.5) is 0 Å². The van der Waals surface area contributed by atoms with Crippen LogP contribution >= 0.6 is 0 Å². The number of carbonyl (C=O) groups excluding carboxylic acids is 1. The largest absolute Gasteiger partial charge is 0.726 e. The highest BCUT2D eigenvalue weighted by atomic mass is 32.3. The first kappa shape index (κ1) is 20.6. The Bertz CT molecular complexity index is 318. The van der Waals surface area contributed by atoms with Crippen LogP contribution in [0, 0.1) is 0 Å². The van der Waals surface area contributed by atoms with Gasteiger partial charge < -0.3 is 20.3 Å². The molecule has 0 aliphatic heterocycles. The Morgan fingerprint density at radius 3 is 2.42 bits per heavy atom. The molecule has 0 rings (SSSR count). The smallest absolute Gasteiger partial charge is 0.220 e. The van der Waals surface area contributed by atoms with Crippen LogP contribution in [0.3, 0.4) is 0 Å². The van der Waals surface area contributed by atoms with E-state index >= 15 is 0 Å². The first-order valence-corrected chi connectivity index (χ1v) is 7.34. The second-order valence-corrected chi connectivity index (χ2v) is 4.99. The molecule has 0 aromatic heterocycles. The maximum Gasteiger partial charge on any atom is 0.220 e. The van der Waals surface area contributed by atoms with Crippen LogP contribution in [0.1, 0.15) is 26.7 Å². The molecule has 116 valence electrons. The van der Waals surface area contributed by atoms with Crippen molar-refractivity contribution in [1.82, 2.24) is 5.32 Å². The number of nitrogens with one attached hydrogen (secondary N) is 1. The number of nitrogens with two attached hydrogens (primary N) is 1. The fourth-order valence-electron chi connectivity index (χ4n) is 0.988. The molecule has 1 amide bonds. The third-order valence-corrected chi connectivity index (χ3v) is 2.27. The Hall–Kier alpha value is -0.740. The zero-order valence-electron chi connectivity index (χ0n) is 11.6. The van der Waals surface area contributed by atoms with Gasteiger partial charge in [0.15, 0.2) is 0 Å². The van der Waals surface area contributed by atoms with Crippen LogP contribution < -0.4 is 10.6 Å². The van der Waals surface area contributed by atoms with Gasteiger partial charge in [0.25, 0.3) is 0 Å². The molecule has 9 heteroatoms. The Kier molecular flexibility index (Phi) is 13.3. The van der Waals surface area contributed by atoms with Gasteiger partial charge in [-0.25, -0.2) is 8.42 Å². The van der Waals surface area contributed by atoms with Gasteiger partial charge in [-0.2, -0.15) is 0 Å². The van der Waals surface area contributed by atoms with Gasteiger partial charge in [0.2, 0.25) is 16.3 Å². The topological polar surface area (TPSA) is 132 Å². The number of amides is 1. The lowest BCUT2D eigenvalue weighted by Gasteiger charge is -2.05. The fourth-order valence-corrected chi connectivity index (χ4v) is 0.988. The lowest BCUT2D eigenvalue weighted by molar-refractivity contribution is -0.658. The summed E-state index contributed by atoms with van der Waals surface area (Å²) >= 11 is 0. The van der Waals surface area contributed by atoms with Gasteiger partial charge in [-0.05, 0) is 13.3 Å². The standard InChI is InChI=1S/C9H20N2O2.CH4O4S/c1-3-4-9(13)11-6-5-10-7-8(2)12;1-5-6(2,3)4/h8,10,12H,3-7H2,1-2H3,(H,11,13);1H3,(H,2,3,4). The molecule has 1 atom stereocenters. The Balaban J connectivity index is 0. The van der Waals surface area contributed by atoms with Crippen LogP contribution in [0.15, 0.2) is 0 Å². The summed E-state index contributed by atoms with van der Waals surface area (Å²) in [5.41, 5.74) is 0. The van der Waals surface area contributed by atoms with Crippen molar-refractivity contribution in [3.8, 4) is 0 Å². The zero-order chi connectivity index (χ0) is 15.3. The molecular weight excluding hydrogens is 276 g/mol. The Labute approximate surface area is 114 Å². The highest BCUT2D eigenvalue weighted by Crippen LogP contribution is 1.83. The van der Waals surface area contributed by atoms with Gasteiger partial charge in [0.1, 0.15) is 6.54 Å². The van der Waals surface area contributed by atoms with Crippen molar-refractivity contribution >= 4 is 16.3 Å². The maximum atomic E-state index is 11.0. The summed E-state index contributed by atoms with van der Waals surface area (Å²) in [6.45, 7) is 5.96. The number of hydrogen-bond acceptors (Lipinski definition) is 6. The van der Waals surface area contributed by atoms with Gasteiger partial charge in [-0.15, -0.1) is 0 Å². The minimum atomic E-state index is -4.41.